The van der Waals surface area contributed by atoms with E-state index in [0.717, 1.165) is 40.2 Å². The van der Waals surface area contributed by atoms with Gasteiger partial charge in [0, 0.05) is 6.54 Å². The first kappa shape index (κ1) is 15.6. The van der Waals surface area contributed by atoms with Crippen molar-refractivity contribution in [3.05, 3.63) is 29.6 Å². The predicted molar refractivity (Wildman–Crippen MR) is 89.6 cm³/mol. The van der Waals surface area contributed by atoms with Gasteiger partial charge in [0.1, 0.15) is 12.4 Å². The van der Waals surface area contributed by atoms with E-state index in [1.807, 2.05) is 25.1 Å². The van der Waals surface area contributed by atoms with Gasteiger partial charge >= 0.3 is 6.03 Å². The van der Waals surface area contributed by atoms with Crippen molar-refractivity contribution in [3.8, 4) is 0 Å². The van der Waals surface area contributed by atoms with Gasteiger partial charge < -0.3 is 15.2 Å². The first-order valence-electron chi connectivity index (χ1n) is 8.37. The molecule has 130 valence electrons. The molecule has 2 aromatic rings. The number of H-pyrrole nitrogens is 1. The van der Waals surface area contributed by atoms with Crippen molar-refractivity contribution in [2.24, 2.45) is 0 Å². The second kappa shape index (κ2) is 5.87. The van der Waals surface area contributed by atoms with Crippen LogP contribution in [0.1, 0.15) is 30.3 Å². The van der Waals surface area contributed by atoms with Crippen molar-refractivity contribution < 1.29 is 14.4 Å². The van der Waals surface area contributed by atoms with Crippen molar-refractivity contribution in [1.82, 2.24) is 25.1 Å². The molecule has 0 radical (unpaired) electrons. The van der Waals surface area contributed by atoms with E-state index in [-0.39, 0.29) is 30.9 Å². The Morgan fingerprint density at radius 1 is 1.36 bits per heavy atom. The van der Waals surface area contributed by atoms with Crippen molar-refractivity contribution in [2.75, 3.05) is 19.6 Å². The third-order valence-electron chi connectivity index (χ3n) is 4.85. The molecule has 1 unspecified atom stereocenters. The van der Waals surface area contributed by atoms with Gasteiger partial charge in [0.05, 0.1) is 23.6 Å². The number of amides is 4. The molecule has 8 nitrogen and oxygen atoms in total. The van der Waals surface area contributed by atoms with E-state index in [2.05, 4.69) is 15.3 Å². The topological polar surface area (TPSA) is 98.4 Å². The number of urea groups is 1. The Labute approximate surface area is 144 Å². The van der Waals surface area contributed by atoms with Crippen LogP contribution in [0.25, 0.3) is 11.0 Å². The summed E-state index contributed by atoms with van der Waals surface area (Å²) in [6, 6.07) is 5.28. The van der Waals surface area contributed by atoms with Crippen LogP contribution in [0.2, 0.25) is 0 Å². The third-order valence-corrected chi connectivity index (χ3v) is 4.85. The van der Waals surface area contributed by atoms with Gasteiger partial charge in [0.15, 0.2) is 0 Å². The summed E-state index contributed by atoms with van der Waals surface area (Å²) in [5.74, 6) is 0.158. The van der Waals surface area contributed by atoms with Gasteiger partial charge in [0.2, 0.25) is 5.91 Å². The Morgan fingerprint density at radius 3 is 2.92 bits per heavy atom. The Morgan fingerprint density at radius 2 is 2.20 bits per heavy atom. The number of aromatic nitrogens is 2. The average Bonchev–Trinajstić information content (AvgIpc) is 3.29. The molecule has 3 heterocycles. The zero-order chi connectivity index (χ0) is 17.6. The maximum absolute atomic E-state index is 12.7. The van der Waals surface area contributed by atoms with Gasteiger partial charge in [-0.1, -0.05) is 12.1 Å². The molecule has 0 saturated carbocycles. The van der Waals surface area contributed by atoms with E-state index in [9.17, 15) is 14.4 Å². The zero-order valence-electron chi connectivity index (χ0n) is 13.9. The lowest BCUT2D eigenvalue weighted by Gasteiger charge is -2.24. The fourth-order valence-electron chi connectivity index (χ4n) is 3.54. The smallest absolute Gasteiger partial charge is 0.325 e. The minimum absolute atomic E-state index is 0.0433. The zero-order valence-corrected chi connectivity index (χ0v) is 13.9. The second-order valence-electron chi connectivity index (χ2n) is 6.48. The quantitative estimate of drug-likeness (QED) is 0.816. The fraction of sp³-hybridized carbons (Fsp3) is 0.412. The number of nitrogens with zero attached hydrogens (tertiary/aromatic N) is 3. The number of imidazole rings is 1. The van der Waals surface area contributed by atoms with Crippen LogP contribution in [-0.4, -0.2) is 57.2 Å². The molecule has 2 fully saturated rings. The van der Waals surface area contributed by atoms with Crippen molar-refractivity contribution >= 4 is 28.9 Å². The van der Waals surface area contributed by atoms with E-state index < -0.39 is 6.03 Å². The highest BCUT2D eigenvalue weighted by Crippen LogP contribution is 2.32. The molecule has 4 amide bonds. The van der Waals surface area contributed by atoms with Crippen molar-refractivity contribution in [2.45, 2.75) is 25.8 Å². The first-order valence-corrected chi connectivity index (χ1v) is 8.37. The number of fused-ring (bicyclic) bond motifs is 1. The first-order chi connectivity index (χ1) is 12.0. The van der Waals surface area contributed by atoms with Crippen LogP contribution in [-0.2, 0) is 9.59 Å². The lowest BCUT2D eigenvalue weighted by molar-refractivity contribution is -0.137. The van der Waals surface area contributed by atoms with Crippen LogP contribution in [0.15, 0.2) is 18.2 Å². The highest BCUT2D eigenvalue weighted by molar-refractivity contribution is 6.04. The molecular weight excluding hydrogens is 322 g/mol. The molecule has 0 spiro atoms. The lowest BCUT2D eigenvalue weighted by Crippen LogP contribution is -2.43. The van der Waals surface area contributed by atoms with Crippen molar-refractivity contribution in [3.63, 3.8) is 0 Å². The van der Waals surface area contributed by atoms with Gasteiger partial charge in [-0.3, -0.25) is 14.5 Å². The number of benzene rings is 1. The number of aryl methyl sites for hydroxylation is 1. The molecular formula is C17H19N5O3. The Hall–Kier alpha value is -2.90. The van der Waals surface area contributed by atoms with Gasteiger partial charge in [-0.05, 0) is 31.4 Å². The monoisotopic (exact) mass is 341 g/mol. The van der Waals surface area contributed by atoms with Crippen LogP contribution in [0, 0.1) is 6.92 Å². The largest absolute Gasteiger partial charge is 0.340 e. The molecule has 2 aliphatic rings. The summed E-state index contributed by atoms with van der Waals surface area (Å²) < 4.78 is 0. The normalized spacial score (nSPS) is 20.6. The van der Waals surface area contributed by atoms with E-state index >= 15 is 0 Å². The van der Waals surface area contributed by atoms with Gasteiger partial charge in [-0.15, -0.1) is 0 Å². The van der Waals surface area contributed by atoms with E-state index in [1.165, 1.54) is 0 Å². The number of para-hydroxylation sites is 1. The summed E-state index contributed by atoms with van der Waals surface area (Å²) in [7, 11) is 0. The summed E-state index contributed by atoms with van der Waals surface area (Å²) >= 11 is 0. The SMILES string of the molecule is Cc1cccc2[nH]c(C3CCCN3C(=O)CN3C(=O)CNC3=O)nc12. The summed E-state index contributed by atoms with van der Waals surface area (Å²) in [5, 5.41) is 2.43. The Bertz CT molecular complexity index is 858. The van der Waals surface area contributed by atoms with E-state index in [4.69, 9.17) is 0 Å². The number of hydrogen-bond acceptors (Lipinski definition) is 4. The summed E-state index contributed by atoms with van der Waals surface area (Å²) in [5.41, 5.74) is 2.93. The van der Waals surface area contributed by atoms with Crippen molar-refractivity contribution in [1.29, 1.82) is 0 Å². The molecule has 0 bridgehead atoms. The molecule has 4 rings (SSSR count). The molecule has 2 N–H and O–H groups in total. The summed E-state index contributed by atoms with van der Waals surface area (Å²) in [6.45, 7) is 2.34. The minimum atomic E-state index is -0.506. The Balaban J connectivity index is 1.57. The number of hydrogen-bond donors (Lipinski definition) is 2. The van der Waals surface area contributed by atoms with Gasteiger partial charge in [-0.25, -0.2) is 9.78 Å². The molecule has 2 saturated heterocycles. The average molecular weight is 341 g/mol. The van der Waals surface area contributed by atoms with Crippen LogP contribution < -0.4 is 5.32 Å². The fourth-order valence-corrected chi connectivity index (χ4v) is 3.54. The maximum atomic E-state index is 12.7. The third kappa shape index (κ3) is 2.63. The maximum Gasteiger partial charge on any atom is 0.325 e. The van der Waals surface area contributed by atoms with E-state index in [0.29, 0.717) is 6.54 Å². The Kier molecular flexibility index (Phi) is 3.67. The molecule has 0 aliphatic carbocycles. The standard InChI is InChI=1S/C17H19N5O3/c1-10-4-2-5-11-15(10)20-16(19-11)12-6-3-7-21(12)14(24)9-22-13(23)8-18-17(22)25/h2,4-5,12H,3,6-9H2,1H3,(H,18,25)(H,19,20). The summed E-state index contributed by atoms with van der Waals surface area (Å²) in [4.78, 5) is 46.7. The van der Waals surface area contributed by atoms with Crippen LogP contribution in [0.3, 0.4) is 0 Å². The molecule has 25 heavy (non-hydrogen) atoms. The highest BCUT2D eigenvalue weighted by atomic mass is 16.2. The molecule has 1 aromatic carbocycles. The number of aromatic amines is 1. The van der Waals surface area contributed by atoms with E-state index in [1.54, 1.807) is 4.90 Å². The number of rotatable bonds is 3. The van der Waals surface area contributed by atoms with Crippen LogP contribution >= 0.6 is 0 Å². The number of nitrogens with one attached hydrogen (secondary N) is 2. The van der Waals surface area contributed by atoms with Gasteiger partial charge in [-0.2, -0.15) is 0 Å². The predicted octanol–water partition coefficient (Wildman–Crippen LogP) is 1.09. The second-order valence-corrected chi connectivity index (χ2v) is 6.48. The number of carbonyl (C=O) groups excluding carboxylic acids is 3. The molecule has 1 atom stereocenters. The van der Waals surface area contributed by atoms with Crippen LogP contribution in [0.4, 0.5) is 4.79 Å². The molecule has 8 heteroatoms. The minimum Gasteiger partial charge on any atom is -0.340 e. The molecule has 1 aromatic heterocycles. The number of likely N-dealkylation sites (tertiary alicyclic amines) is 1. The number of carbonyl (C=O) groups is 3. The van der Waals surface area contributed by atoms with Crippen LogP contribution in [0.5, 0.6) is 0 Å². The van der Waals surface area contributed by atoms with Gasteiger partial charge in [0.25, 0.3) is 5.91 Å². The summed E-state index contributed by atoms with van der Waals surface area (Å²) in [6.07, 6.45) is 1.68. The highest BCUT2D eigenvalue weighted by Gasteiger charge is 2.36. The molecule has 2 aliphatic heterocycles. The lowest BCUT2D eigenvalue weighted by atomic mass is 10.2. The number of imide groups is 1.